The standard InChI is InChI=1S/C72H100N2O22/c1-11-73-33-65(35-85-3)41(75)29-43(87-5)69-39-31-67(83)59(93-63(81)37-23-17-15-18-24-37)47(39)71(57(79)61(67)91-9,49(55(69)73)51(89-7)53(65)69)95-45(77)27-21-13-14-22-28-46(78)96-72-48-40(32-68(84,62(92-10)58(72)80)60(48)94-64(82)38-25-19-16-20-26-38)70-44(88-6)30-42(76)66(36-86-4)34-74(12-2)56(70)50(72)52(90-8)54(66)70/h15-20,23-26,39-44,47-62,75-76,79-80,83-84H,11-14,21-22,27-36H2,1-10H3/t39?,40?,41-,42-,43+,44+,47?,48?,49?,50?,51+,52+,53?,54?,55?,56?,57+,58+,59-,60-,61+,62+,65+,66+,67-,68-,69?,70?,71-,72-/m1/s1. The third kappa shape index (κ3) is 8.58. The molecule has 12 unspecified atom stereocenters. The number of nitrogens with zero attached hydrogens (tertiary/aromatic N) is 2. The SMILES string of the molecule is CCN1C[C@@]2(COC)C3[C@@H](OC)C4C1C3(C1C[C@@]3(O)[C@H](OC(=O)c5ccccc5)C1[C@]4(OC(=O)CCCCCCC(=O)O[C@@]14C5C6N(CC)C[C@@]7(COC)C([C@H]5OC)C6(C5C[C@@](O)([C@H](OC(=O)c6ccccc6)C51)[C@@H](OC)[C@@H]4O)[C@@H](OC)C[C@H]7O)[C@@H](O)[C@@H]3OC)[C@@H](OC)C[C@H]2O. The number of piperidine rings is 2. The number of hydrogen-bond acceptors (Lipinski definition) is 24. The van der Waals surface area contributed by atoms with Crippen molar-refractivity contribution in [3.8, 4) is 0 Å². The first-order chi connectivity index (χ1) is 46.1. The molecular weight excluding hydrogens is 1240 g/mol. The Kier molecular flexibility index (Phi) is 17.7. The molecule has 24 nitrogen and oxygen atoms in total. The van der Waals surface area contributed by atoms with E-state index in [9.17, 15) is 40.2 Å². The number of carbonyl (C=O) groups excluding carboxylic acids is 4. The number of carbonyl (C=O) groups is 4. The van der Waals surface area contributed by atoms with Gasteiger partial charge in [0, 0.05) is 165 Å². The van der Waals surface area contributed by atoms with Crippen LogP contribution in [0.5, 0.6) is 0 Å². The molecule has 14 rings (SSSR count). The molecule has 24 heteroatoms. The van der Waals surface area contributed by atoms with Crippen molar-refractivity contribution in [2.45, 2.75) is 186 Å². The minimum Gasteiger partial charge on any atom is -0.455 e. The number of fused-ring (bicyclic) bond motifs is 4. The van der Waals surface area contributed by atoms with E-state index in [4.69, 9.17) is 56.8 Å². The predicted octanol–water partition coefficient (Wildman–Crippen LogP) is 2.61. The first kappa shape index (κ1) is 68.8. The molecule has 2 heterocycles. The van der Waals surface area contributed by atoms with Crippen molar-refractivity contribution >= 4 is 23.9 Å². The van der Waals surface area contributed by atoms with Crippen LogP contribution >= 0.6 is 0 Å². The molecule has 0 aromatic heterocycles. The average Bonchev–Trinajstić information content (AvgIpc) is 1.45. The number of unbranched alkanes of at least 4 members (excludes halogenated alkanes) is 3. The van der Waals surface area contributed by atoms with Gasteiger partial charge in [0.05, 0.1) is 61.0 Å². The normalized spacial score (nSPS) is 48.5. The number of likely N-dealkylation sites (tertiary alicyclic amines) is 2. The summed E-state index contributed by atoms with van der Waals surface area (Å²) in [7, 11) is 12.4. The van der Waals surface area contributed by atoms with E-state index < -0.39 is 201 Å². The minimum atomic E-state index is -1.99. The zero-order valence-corrected chi connectivity index (χ0v) is 56.9. The van der Waals surface area contributed by atoms with Crippen molar-refractivity contribution < 1.29 is 107 Å². The molecule has 2 aromatic carbocycles. The molecule has 12 fully saturated rings. The van der Waals surface area contributed by atoms with Gasteiger partial charge in [-0.1, -0.05) is 63.1 Å². The third-order valence-electron chi connectivity index (χ3n) is 27.8. The quantitative estimate of drug-likeness (QED) is 0.0473. The van der Waals surface area contributed by atoms with Crippen LogP contribution in [0, 0.1) is 69.0 Å². The van der Waals surface area contributed by atoms with Crippen molar-refractivity contribution in [3.63, 3.8) is 0 Å². The lowest BCUT2D eigenvalue weighted by molar-refractivity contribution is -0.323. The smallest absolute Gasteiger partial charge is 0.338 e. The van der Waals surface area contributed by atoms with Gasteiger partial charge in [0.15, 0.2) is 11.2 Å². The fraction of sp³-hybridized carbons (Fsp3) is 0.778. The summed E-state index contributed by atoms with van der Waals surface area (Å²) in [5.74, 6) is -8.86. The third-order valence-corrected chi connectivity index (χ3v) is 27.8. The molecule has 2 aromatic rings. The van der Waals surface area contributed by atoms with Crippen LogP contribution in [0.25, 0.3) is 0 Å². The molecule has 96 heavy (non-hydrogen) atoms. The molecule has 2 aliphatic heterocycles. The lowest BCUT2D eigenvalue weighted by atomic mass is 9.42. The van der Waals surface area contributed by atoms with Crippen LogP contribution in [0.4, 0.5) is 0 Å². The van der Waals surface area contributed by atoms with Crippen molar-refractivity contribution in [3.05, 3.63) is 71.8 Å². The molecule has 6 N–H and O–H groups in total. The van der Waals surface area contributed by atoms with E-state index in [1.807, 2.05) is 13.8 Å². The number of esters is 4. The molecule has 14 bridgehead atoms. The monoisotopic (exact) mass is 1340 g/mol. The molecule has 2 spiro atoms. The van der Waals surface area contributed by atoms with Crippen LogP contribution < -0.4 is 0 Å². The summed E-state index contributed by atoms with van der Waals surface area (Å²) in [5.41, 5.74) is -11.1. The molecule has 530 valence electrons. The van der Waals surface area contributed by atoms with Crippen LogP contribution in [-0.4, -0.2) is 268 Å². The topological polar surface area (TPSA) is 307 Å². The molecule has 10 saturated carbocycles. The van der Waals surface area contributed by atoms with E-state index in [0.717, 1.165) is 0 Å². The Bertz CT molecular complexity index is 3040. The summed E-state index contributed by atoms with van der Waals surface area (Å²) < 4.78 is 78.4. The number of ether oxygens (including phenoxy) is 12. The maximum atomic E-state index is 15.3. The van der Waals surface area contributed by atoms with Gasteiger partial charge in [0.1, 0.15) is 47.8 Å². The van der Waals surface area contributed by atoms with E-state index in [-0.39, 0.29) is 75.7 Å². The predicted molar refractivity (Wildman–Crippen MR) is 337 cm³/mol. The second-order valence-electron chi connectivity index (χ2n) is 30.5. The highest BCUT2D eigenvalue weighted by Crippen LogP contribution is 2.83. The maximum absolute atomic E-state index is 15.3. The fourth-order valence-electron chi connectivity index (χ4n) is 25.5. The highest BCUT2D eigenvalue weighted by atomic mass is 16.6. The molecule has 2 saturated heterocycles. The minimum absolute atomic E-state index is 0.0343. The Balaban J connectivity index is 0.764. The number of methoxy groups -OCH3 is 8. The summed E-state index contributed by atoms with van der Waals surface area (Å²) in [5, 5.41) is 78.6. The average molecular weight is 1350 g/mol. The molecule has 0 radical (unpaired) electrons. The number of rotatable bonds is 25. The largest absolute Gasteiger partial charge is 0.455 e. The first-order valence-corrected chi connectivity index (χ1v) is 34.9. The van der Waals surface area contributed by atoms with Crippen molar-refractivity contribution in [2.75, 3.05) is 96.3 Å². The number of hydrogen-bond donors (Lipinski definition) is 6. The van der Waals surface area contributed by atoms with Crippen LogP contribution in [-0.2, 0) is 66.4 Å². The van der Waals surface area contributed by atoms with E-state index in [1.165, 1.54) is 14.2 Å². The second-order valence-corrected chi connectivity index (χ2v) is 30.5. The van der Waals surface area contributed by atoms with E-state index in [0.29, 0.717) is 39.0 Å². The lowest BCUT2D eigenvalue weighted by Crippen LogP contribution is -2.81. The number of benzene rings is 2. The van der Waals surface area contributed by atoms with Gasteiger partial charge in [-0.3, -0.25) is 19.4 Å². The first-order valence-electron chi connectivity index (χ1n) is 34.9. The number of aliphatic hydroxyl groups excluding tert-OH is 4. The van der Waals surface area contributed by atoms with Gasteiger partial charge in [0.2, 0.25) is 0 Å². The number of aliphatic hydroxyl groups is 6. The van der Waals surface area contributed by atoms with Crippen molar-refractivity contribution in [1.29, 1.82) is 0 Å². The molecular formula is C72H100N2O22. The van der Waals surface area contributed by atoms with Gasteiger partial charge in [-0.25, -0.2) is 9.59 Å². The highest BCUT2D eigenvalue weighted by Gasteiger charge is 2.95. The Morgan fingerprint density at radius 1 is 0.490 bits per heavy atom. The van der Waals surface area contributed by atoms with Gasteiger partial charge < -0.3 is 87.5 Å². The summed E-state index contributed by atoms with van der Waals surface area (Å²) in [6.07, 6.45) is -12.1. The maximum Gasteiger partial charge on any atom is 0.338 e. The Labute approximate surface area is 561 Å². The van der Waals surface area contributed by atoms with Crippen LogP contribution in [0.3, 0.4) is 0 Å². The summed E-state index contributed by atoms with van der Waals surface area (Å²) >= 11 is 0. The zero-order valence-electron chi connectivity index (χ0n) is 56.9. The van der Waals surface area contributed by atoms with Gasteiger partial charge in [-0.15, -0.1) is 0 Å². The fourth-order valence-corrected chi connectivity index (χ4v) is 25.5. The molecule has 30 atom stereocenters. The molecule has 0 amide bonds. The van der Waals surface area contributed by atoms with Gasteiger partial charge >= 0.3 is 23.9 Å². The Hall–Kier alpha value is -4.32. The Morgan fingerprint density at radius 3 is 1.19 bits per heavy atom. The van der Waals surface area contributed by atoms with E-state index >= 15 is 9.59 Å². The zero-order chi connectivity index (χ0) is 68.2. The van der Waals surface area contributed by atoms with Crippen molar-refractivity contribution in [1.82, 2.24) is 9.80 Å². The second kappa shape index (κ2) is 24.7. The van der Waals surface area contributed by atoms with Gasteiger partial charge in [-0.05, 0) is 74.9 Å². The molecule has 12 aliphatic rings. The summed E-state index contributed by atoms with van der Waals surface area (Å²) in [6, 6.07) is 15.9. The van der Waals surface area contributed by atoms with Crippen LogP contribution in [0.1, 0.15) is 98.8 Å². The van der Waals surface area contributed by atoms with Crippen LogP contribution in [0.15, 0.2) is 60.7 Å². The highest BCUT2D eigenvalue weighted by molar-refractivity contribution is 5.90. The van der Waals surface area contributed by atoms with Crippen molar-refractivity contribution in [2.24, 2.45) is 69.0 Å². The lowest BCUT2D eigenvalue weighted by Gasteiger charge is -2.70. The van der Waals surface area contributed by atoms with Crippen LogP contribution in [0.2, 0.25) is 0 Å². The van der Waals surface area contributed by atoms with E-state index in [2.05, 4.69) is 9.80 Å². The van der Waals surface area contributed by atoms with Gasteiger partial charge in [-0.2, -0.15) is 0 Å². The van der Waals surface area contributed by atoms with Gasteiger partial charge in [0.25, 0.3) is 0 Å². The summed E-state index contributed by atoms with van der Waals surface area (Å²) in [4.78, 5) is 64.0. The summed E-state index contributed by atoms with van der Waals surface area (Å²) in [6.45, 7) is 6.12. The molecule has 10 aliphatic carbocycles. The Morgan fingerprint density at radius 2 is 0.865 bits per heavy atom. The van der Waals surface area contributed by atoms with E-state index in [1.54, 1.807) is 103 Å².